The minimum atomic E-state index is -0.275. The standard InChI is InChI=1S/C18H17N3O3/c1-19-9-15(22)21-14-5-3-4-12-16(14)18(24)11-7-6-10(20-2)8-13(11)17(12)23/h3-8,19-20H,9H2,1-2H3,(H,21,22). The molecule has 6 nitrogen and oxygen atoms in total. The lowest BCUT2D eigenvalue weighted by molar-refractivity contribution is -0.115. The topological polar surface area (TPSA) is 87.3 Å². The molecule has 0 fully saturated rings. The van der Waals surface area contributed by atoms with E-state index in [1.54, 1.807) is 50.5 Å². The van der Waals surface area contributed by atoms with Gasteiger partial charge in [-0.2, -0.15) is 0 Å². The third-order valence-electron chi connectivity index (χ3n) is 3.95. The van der Waals surface area contributed by atoms with Crippen LogP contribution in [-0.4, -0.2) is 38.1 Å². The fourth-order valence-electron chi connectivity index (χ4n) is 2.81. The average Bonchev–Trinajstić information content (AvgIpc) is 2.59. The van der Waals surface area contributed by atoms with Gasteiger partial charge in [-0.15, -0.1) is 0 Å². The number of nitrogens with one attached hydrogen (secondary N) is 3. The SMILES string of the molecule is CNCC(=O)Nc1cccc2c1C(=O)c1ccc(NC)cc1C2=O. The Balaban J connectivity index is 2.10. The van der Waals surface area contributed by atoms with Crippen LogP contribution in [0.5, 0.6) is 0 Å². The van der Waals surface area contributed by atoms with Gasteiger partial charge in [0.25, 0.3) is 0 Å². The highest BCUT2D eigenvalue weighted by atomic mass is 16.2. The molecule has 0 radical (unpaired) electrons. The lowest BCUT2D eigenvalue weighted by Crippen LogP contribution is -2.28. The zero-order valence-electron chi connectivity index (χ0n) is 13.4. The third-order valence-corrected chi connectivity index (χ3v) is 3.95. The van der Waals surface area contributed by atoms with Crippen molar-refractivity contribution >= 4 is 28.8 Å². The van der Waals surface area contributed by atoms with E-state index in [0.29, 0.717) is 22.4 Å². The second-order valence-corrected chi connectivity index (χ2v) is 5.48. The third kappa shape index (κ3) is 2.57. The molecule has 0 spiro atoms. The molecule has 6 heteroatoms. The number of rotatable bonds is 4. The minimum absolute atomic E-state index is 0.119. The van der Waals surface area contributed by atoms with E-state index in [1.807, 2.05) is 0 Å². The maximum atomic E-state index is 12.9. The minimum Gasteiger partial charge on any atom is -0.388 e. The van der Waals surface area contributed by atoms with Crippen LogP contribution in [0.1, 0.15) is 31.8 Å². The molecule has 1 aliphatic carbocycles. The second kappa shape index (κ2) is 6.25. The van der Waals surface area contributed by atoms with Crippen molar-refractivity contribution in [1.82, 2.24) is 5.32 Å². The highest BCUT2D eigenvalue weighted by molar-refractivity contribution is 6.30. The Morgan fingerprint density at radius 2 is 1.75 bits per heavy atom. The Morgan fingerprint density at radius 3 is 2.46 bits per heavy atom. The first-order valence-corrected chi connectivity index (χ1v) is 7.55. The van der Waals surface area contributed by atoms with E-state index in [2.05, 4.69) is 16.0 Å². The van der Waals surface area contributed by atoms with Crippen molar-refractivity contribution in [2.24, 2.45) is 0 Å². The number of carbonyl (C=O) groups excluding carboxylic acids is 3. The summed E-state index contributed by atoms with van der Waals surface area (Å²) < 4.78 is 0. The highest BCUT2D eigenvalue weighted by Gasteiger charge is 2.32. The van der Waals surface area contributed by atoms with Gasteiger partial charge in [0.05, 0.1) is 17.8 Å². The van der Waals surface area contributed by atoms with Crippen molar-refractivity contribution in [2.75, 3.05) is 31.3 Å². The van der Waals surface area contributed by atoms with Gasteiger partial charge < -0.3 is 16.0 Å². The van der Waals surface area contributed by atoms with Gasteiger partial charge in [0.2, 0.25) is 5.91 Å². The summed E-state index contributed by atoms with van der Waals surface area (Å²) in [6.45, 7) is 0.119. The molecule has 0 saturated carbocycles. The van der Waals surface area contributed by atoms with Gasteiger partial charge in [-0.25, -0.2) is 0 Å². The second-order valence-electron chi connectivity index (χ2n) is 5.48. The number of fused-ring (bicyclic) bond motifs is 2. The summed E-state index contributed by atoms with van der Waals surface area (Å²) in [7, 11) is 3.41. The molecule has 0 bridgehead atoms. The van der Waals surface area contributed by atoms with E-state index >= 15 is 0 Å². The van der Waals surface area contributed by atoms with Crippen molar-refractivity contribution in [2.45, 2.75) is 0 Å². The Labute approximate surface area is 139 Å². The van der Waals surface area contributed by atoms with Crippen LogP contribution in [0.4, 0.5) is 11.4 Å². The molecule has 122 valence electrons. The predicted octanol–water partition coefficient (Wildman–Crippen LogP) is 1.66. The van der Waals surface area contributed by atoms with Crippen molar-refractivity contribution in [1.29, 1.82) is 0 Å². The van der Waals surface area contributed by atoms with Crippen LogP contribution in [0, 0.1) is 0 Å². The first kappa shape index (κ1) is 15.9. The normalized spacial score (nSPS) is 12.4. The molecule has 3 N–H and O–H groups in total. The van der Waals surface area contributed by atoms with E-state index in [9.17, 15) is 14.4 Å². The maximum absolute atomic E-state index is 12.9. The van der Waals surface area contributed by atoms with Gasteiger partial charge in [0.15, 0.2) is 11.6 Å². The molecule has 0 aliphatic heterocycles. The summed E-state index contributed by atoms with van der Waals surface area (Å²) >= 11 is 0. The predicted molar refractivity (Wildman–Crippen MR) is 91.9 cm³/mol. The molecule has 24 heavy (non-hydrogen) atoms. The van der Waals surface area contributed by atoms with Crippen LogP contribution in [0.3, 0.4) is 0 Å². The van der Waals surface area contributed by atoms with E-state index in [0.717, 1.165) is 5.69 Å². The van der Waals surface area contributed by atoms with Gasteiger partial charge in [0, 0.05) is 29.4 Å². The monoisotopic (exact) mass is 323 g/mol. The number of hydrogen-bond acceptors (Lipinski definition) is 5. The Morgan fingerprint density at radius 1 is 0.958 bits per heavy atom. The van der Waals surface area contributed by atoms with Crippen molar-refractivity contribution < 1.29 is 14.4 Å². The fourth-order valence-corrected chi connectivity index (χ4v) is 2.81. The summed E-state index contributed by atoms with van der Waals surface area (Å²) in [6, 6.07) is 9.95. The summed E-state index contributed by atoms with van der Waals surface area (Å²) in [5, 5.41) is 8.39. The number of anilines is 2. The number of benzene rings is 2. The van der Waals surface area contributed by atoms with Crippen molar-refractivity contribution in [3.05, 3.63) is 58.7 Å². The largest absolute Gasteiger partial charge is 0.388 e. The van der Waals surface area contributed by atoms with Crippen LogP contribution < -0.4 is 16.0 Å². The average molecular weight is 323 g/mol. The lowest BCUT2D eigenvalue weighted by Gasteiger charge is -2.21. The van der Waals surface area contributed by atoms with Gasteiger partial charge in [-0.3, -0.25) is 14.4 Å². The molecule has 0 unspecified atom stereocenters. The molecule has 1 amide bonds. The molecule has 0 saturated heterocycles. The summed E-state index contributed by atoms with van der Waals surface area (Å²) in [5.41, 5.74) is 2.39. The Kier molecular flexibility index (Phi) is 4.14. The molecule has 3 rings (SSSR count). The molecule has 1 aliphatic rings. The first-order valence-electron chi connectivity index (χ1n) is 7.55. The Hall–Kier alpha value is -2.99. The van der Waals surface area contributed by atoms with Crippen LogP contribution in [0.15, 0.2) is 36.4 Å². The fraction of sp³-hybridized carbons (Fsp3) is 0.167. The molecular formula is C18H17N3O3. The summed E-state index contributed by atoms with van der Waals surface area (Å²) in [5.74, 6) is -0.758. The smallest absolute Gasteiger partial charge is 0.238 e. The highest BCUT2D eigenvalue weighted by Crippen LogP contribution is 2.33. The molecular weight excluding hydrogens is 306 g/mol. The van der Waals surface area contributed by atoms with E-state index in [1.165, 1.54) is 0 Å². The van der Waals surface area contributed by atoms with Crippen LogP contribution in [-0.2, 0) is 4.79 Å². The maximum Gasteiger partial charge on any atom is 0.238 e. The van der Waals surface area contributed by atoms with Crippen LogP contribution >= 0.6 is 0 Å². The number of hydrogen-bond donors (Lipinski definition) is 3. The summed E-state index contributed by atoms with van der Waals surface area (Å²) in [4.78, 5) is 37.5. The number of ketones is 2. The van der Waals surface area contributed by atoms with E-state index in [4.69, 9.17) is 0 Å². The van der Waals surface area contributed by atoms with Crippen molar-refractivity contribution in [3.63, 3.8) is 0 Å². The van der Waals surface area contributed by atoms with Crippen LogP contribution in [0.2, 0.25) is 0 Å². The zero-order chi connectivity index (χ0) is 17.3. The number of carbonyl (C=O) groups is 3. The molecule has 0 aromatic heterocycles. The molecule has 2 aromatic carbocycles. The molecule has 0 heterocycles. The first-order chi connectivity index (χ1) is 11.6. The van der Waals surface area contributed by atoms with E-state index in [-0.39, 0.29) is 29.6 Å². The quantitative estimate of drug-likeness (QED) is 0.680. The zero-order valence-corrected chi connectivity index (χ0v) is 13.4. The lowest BCUT2D eigenvalue weighted by atomic mass is 9.83. The van der Waals surface area contributed by atoms with E-state index < -0.39 is 0 Å². The molecule has 0 atom stereocenters. The van der Waals surface area contributed by atoms with Gasteiger partial charge in [-0.05, 0) is 31.3 Å². The molecule has 2 aromatic rings. The Bertz CT molecular complexity index is 859. The van der Waals surface area contributed by atoms with Gasteiger partial charge in [0.1, 0.15) is 0 Å². The summed E-state index contributed by atoms with van der Waals surface area (Å²) in [6.07, 6.45) is 0. The van der Waals surface area contributed by atoms with Gasteiger partial charge in [-0.1, -0.05) is 12.1 Å². The number of likely N-dealkylation sites (N-methyl/N-ethyl adjacent to an activating group) is 1. The number of amides is 1. The van der Waals surface area contributed by atoms with Crippen LogP contribution in [0.25, 0.3) is 0 Å². The van der Waals surface area contributed by atoms with Gasteiger partial charge >= 0.3 is 0 Å². The van der Waals surface area contributed by atoms with Crippen molar-refractivity contribution in [3.8, 4) is 0 Å².